The molecule has 0 fully saturated rings. The van der Waals surface area contributed by atoms with Gasteiger partial charge in [0, 0.05) is 17.6 Å². The normalized spacial score (nSPS) is 14.2. The number of aromatic amines is 1. The van der Waals surface area contributed by atoms with Crippen molar-refractivity contribution in [2.75, 3.05) is 11.9 Å². The van der Waals surface area contributed by atoms with E-state index in [1.54, 1.807) is 6.20 Å². The summed E-state index contributed by atoms with van der Waals surface area (Å²) in [5.74, 6) is 1.74. The largest absolute Gasteiger partial charge is 0.369 e. The quantitative estimate of drug-likeness (QED) is 0.769. The van der Waals surface area contributed by atoms with Crippen molar-refractivity contribution >= 4 is 27.4 Å². The van der Waals surface area contributed by atoms with Gasteiger partial charge in [0.25, 0.3) is 0 Å². The number of nitrogens with zero attached hydrogens (tertiary/aromatic N) is 3. The second-order valence-corrected chi connectivity index (χ2v) is 6.78. The van der Waals surface area contributed by atoms with Gasteiger partial charge in [0.15, 0.2) is 5.82 Å². The molecule has 3 aromatic heterocycles. The highest BCUT2D eigenvalue weighted by Gasteiger charge is 2.21. The van der Waals surface area contributed by atoms with E-state index in [9.17, 15) is 0 Å². The summed E-state index contributed by atoms with van der Waals surface area (Å²) in [7, 11) is 0. The van der Waals surface area contributed by atoms with Crippen molar-refractivity contribution in [2.24, 2.45) is 0 Å². The van der Waals surface area contributed by atoms with Crippen LogP contribution in [-0.2, 0) is 12.8 Å². The standard InChI is InChI=1S/C16H19N5S/c1-2-7-17-15-13-11-5-3-4-6-12(11)22-16(13)21-14(20-15)10-8-18-19-9-10/h8-9H,2-7H2,1H3,(H,18,19)(H,17,20,21). The number of hydrogen-bond donors (Lipinski definition) is 2. The Hall–Kier alpha value is -1.95. The minimum Gasteiger partial charge on any atom is -0.369 e. The minimum absolute atomic E-state index is 0.749. The molecule has 0 bridgehead atoms. The summed E-state index contributed by atoms with van der Waals surface area (Å²) in [4.78, 5) is 12.2. The predicted octanol–water partition coefficient (Wildman–Crippen LogP) is 3.78. The third kappa shape index (κ3) is 2.27. The molecule has 0 aliphatic heterocycles. The first kappa shape index (κ1) is 13.7. The Morgan fingerprint density at radius 2 is 2.18 bits per heavy atom. The van der Waals surface area contributed by atoms with Crippen molar-refractivity contribution in [3.05, 3.63) is 22.8 Å². The fraction of sp³-hybridized carbons (Fsp3) is 0.438. The lowest BCUT2D eigenvalue weighted by atomic mass is 9.97. The number of aryl methyl sites for hydroxylation is 2. The molecule has 6 heteroatoms. The lowest BCUT2D eigenvalue weighted by Crippen LogP contribution is -2.06. The maximum Gasteiger partial charge on any atom is 0.166 e. The zero-order valence-corrected chi connectivity index (χ0v) is 13.5. The molecule has 0 spiro atoms. The van der Waals surface area contributed by atoms with Gasteiger partial charge in [0.1, 0.15) is 10.6 Å². The Morgan fingerprint density at radius 1 is 1.27 bits per heavy atom. The van der Waals surface area contributed by atoms with E-state index in [1.165, 1.54) is 35.1 Å². The number of thiophene rings is 1. The molecule has 2 N–H and O–H groups in total. The number of rotatable bonds is 4. The lowest BCUT2D eigenvalue weighted by molar-refractivity contribution is 0.700. The van der Waals surface area contributed by atoms with E-state index in [1.807, 2.05) is 17.5 Å². The van der Waals surface area contributed by atoms with E-state index >= 15 is 0 Å². The van der Waals surface area contributed by atoms with Crippen LogP contribution >= 0.6 is 11.3 Å². The molecule has 3 heterocycles. The van der Waals surface area contributed by atoms with Crippen molar-refractivity contribution in [3.8, 4) is 11.4 Å². The highest BCUT2D eigenvalue weighted by Crippen LogP contribution is 2.39. The third-order valence-corrected chi connectivity index (χ3v) is 5.30. The molecule has 0 saturated carbocycles. The van der Waals surface area contributed by atoms with Crippen LogP contribution in [0.5, 0.6) is 0 Å². The first-order valence-electron chi connectivity index (χ1n) is 7.92. The van der Waals surface area contributed by atoms with Gasteiger partial charge in [-0.25, -0.2) is 9.97 Å². The number of nitrogens with one attached hydrogen (secondary N) is 2. The fourth-order valence-corrected chi connectivity index (χ4v) is 4.29. The minimum atomic E-state index is 0.749. The third-order valence-electron chi connectivity index (χ3n) is 4.11. The van der Waals surface area contributed by atoms with Crippen molar-refractivity contribution in [2.45, 2.75) is 39.0 Å². The maximum absolute atomic E-state index is 4.80. The zero-order valence-electron chi connectivity index (χ0n) is 12.6. The zero-order chi connectivity index (χ0) is 14.9. The molecule has 0 amide bonds. The molecule has 0 atom stereocenters. The summed E-state index contributed by atoms with van der Waals surface area (Å²) >= 11 is 1.84. The van der Waals surface area contributed by atoms with E-state index in [0.717, 1.165) is 41.4 Å². The van der Waals surface area contributed by atoms with Crippen LogP contribution < -0.4 is 5.32 Å². The fourth-order valence-electron chi connectivity index (χ4n) is 3.03. The molecule has 4 rings (SSSR count). The van der Waals surface area contributed by atoms with Gasteiger partial charge in [-0.1, -0.05) is 6.92 Å². The first-order chi connectivity index (χ1) is 10.9. The van der Waals surface area contributed by atoms with Crippen LogP contribution in [0.25, 0.3) is 21.6 Å². The second kappa shape index (κ2) is 5.68. The molecular formula is C16H19N5S. The molecule has 1 aliphatic rings. The van der Waals surface area contributed by atoms with Gasteiger partial charge >= 0.3 is 0 Å². The average Bonchev–Trinajstić information content (AvgIpc) is 3.19. The molecule has 0 aromatic carbocycles. The summed E-state index contributed by atoms with van der Waals surface area (Å²) < 4.78 is 0. The summed E-state index contributed by atoms with van der Waals surface area (Å²) in [6.45, 7) is 3.10. The van der Waals surface area contributed by atoms with Crippen molar-refractivity contribution < 1.29 is 0 Å². The highest BCUT2D eigenvalue weighted by molar-refractivity contribution is 7.19. The molecule has 3 aromatic rings. The Kier molecular flexibility index (Phi) is 3.54. The smallest absolute Gasteiger partial charge is 0.166 e. The van der Waals surface area contributed by atoms with Crippen LogP contribution in [0.4, 0.5) is 5.82 Å². The SMILES string of the molecule is CCCNc1nc(-c2cn[nH]c2)nc2sc3c(c12)CCCC3. The van der Waals surface area contributed by atoms with Crippen molar-refractivity contribution in [1.29, 1.82) is 0 Å². The van der Waals surface area contributed by atoms with Crippen LogP contribution in [0, 0.1) is 0 Å². The van der Waals surface area contributed by atoms with Crippen LogP contribution in [0.3, 0.4) is 0 Å². The van der Waals surface area contributed by atoms with Crippen molar-refractivity contribution in [1.82, 2.24) is 20.2 Å². The monoisotopic (exact) mass is 313 g/mol. The van der Waals surface area contributed by atoms with E-state index in [-0.39, 0.29) is 0 Å². The van der Waals surface area contributed by atoms with Crippen LogP contribution in [0.1, 0.15) is 36.6 Å². The number of aromatic nitrogens is 4. The van der Waals surface area contributed by atoms with E-state index in [0.29, 0.717) is 0 Å². The number of anilines is 1. The molecule has 22 heavy (non-hydrogen) atoms. The van der Waals surface area contributed by atoms with E-state index < -0.39 is 0 Å². The number of hydrogen-bond acceptors (Lipinski definition) is 5. The molecule has 0 saturated heterocycles. The summed E-state index contributed by atoms with van der Waals surface area (Å²) in [5, 5.41) is 11.6. The van der Waals surface area contributed by atoms with Gasteiger partial charge in [-0.15, -0.1) is 11.3 Å². The number of H-pyrrole nitrogens is 1. The molecule has 0 radical (unpaired) electrons. The van der Waals surface area contributed by atoms with E-state index in [2.05, 4.69) is 22.4 Å². The Balaban J connectivity index is 1.91. The van der Waals surface area contributed by atoms with Gasteiger partial charge in [-0.3, -0.25) is 5.10 Å². The van der Waals surface area contributed by atoms with Crippen LogP contribution in [0.15, 0.2) is 12.4 Å². The summed E-state index contributed by atoms with van der Waals surface area (Å²) in [6.07, 6.45) is 9.61. The second-order valence-electron chi connectivity index (χ2n) is 5.70. The first-order valence-corrected chi connectivity index (χ1v) is 8.73. The van der Waals surface area contributed by atoms with Crippen molar-refractivity contribution in [3.63, 3.8) is 0 Å². The highest BCUT2D eigenvalue weighted by atomic mass is 32.1. The topological polar surface area (TPSA) is 66.5 Å². The van der Waals surface area contributed by atoms with Crippen LogP contribution in [0.2, 0.25) is 0 Å². The Morgan fingerprint density at radius 3 is 3.00 bits per heavy atom. The molecule has 1 aliphatic carbocycles. The lowest BCUT2D eigenvalue weighted by Gasteiger charge is -2.12. The van der Waals surface area contributed by atoms with Gasteiger partial charge < -0.3 is 5.32 Å². The molecule has 0 unspecified atom stereocenters. The molecular weight excluding hydrogens is 294 g/mol. The van der Waals surface area contributed by atoms with E-state index in [4.69, 9.17) is 9.97 Å². The maximum atomic E-state index is 4.80. The van der Waals surface area contributed by atoms with Gasteiger partial charge in [0.2, 0.25) is 0 Å². The summed E-state index contributed by atoms with van der Waals surface area (Å²) in [5.41, 5.74) is 2.41. The predicted molar refractivity (Wildman–Crippen MR) is 90.4 cm³/mol. The number of fused-ring (bicyclic) bond motifs is 3. The Labute approximate surface area is 133 Å². The molecule has 114 valence electrons. The summed E-state index contributed by atoms with van der Waals surface area (Å²) in [6, 6.07) is 0. The molecule has 5 nitrogen and oxygen atoms in total. The van der Waals surface area contributed by atoms with Gasteiger partial charge in [-0.05, 0) is 37.7 Å². The average molecular weight is 313 g/mol. The van der Waals surface area contributed by atoms with Gasteiger partial charge in [0.05, 0.1) is 17.1 Å². The van der Waals surface area contributed by atoms with Crippen LogP contribution in [-0.4, -0.2) is 26.7 Å². The van der Waals surface area contributed by atoms with Gasteiger partial charge in [-0.2, -0.15) is 5.10 Å². The Bertz CT molecular complexity index is 791.